The highest BCUT2D eigenvalue weighted by atomic mass is 35.5. The molecule has 0 unspecified atom stereocenters. The normalized spacial score (nSPS) is 12.2. The van der Waals surface area contributed by atoms with Gasteiger partial charge in [0.2, 0.25) is 0 Å². The maximum absolute atomic E-state index is 12.8. The number of nitrogens with two attached hydrogens (primary N) is 1. The number of carbonyl (C=O) groups is 1. The summed E-state index contributed by atoms with van der Waals surface area (Å²) < 4.78 is 6.26. The number of hydrogen-bond acceptors (Lipinski definition) is 5. The van der Waals surface area contributed by atoms with Gasteiger partial charge in [0, 0.05) is 29.9 Å². The van der Waals surface area contributed by atoms with Gasteiger partial charge in [0.1, 0.15) is 6.04 Å². The number of rotatable bonds is 4. The first-order valence-electron chi connectivity index (χ1n) is 8.41. The quantitative estimate of drug-likeness (QED) is 0.697. The van der Waals surface area contributed by atoms with E-state index in [-0.39, 0.29) is 5.56 Å². The summed E-state index contributed by atoms with van der Waals surface area (Å²) in [6.45, 7) is 1.82. The molecule has 0 bridgehead atoms. The van der Waals surface area contributed by atoms with Crippen molar-refractivity contribution in [1.29, 1.82) is 0 Å². The molecule has 2 aromatic heterocycles. The molecule has 0 saturated carbocycles. The molecule has 2 heterocycles. The Morgan fingerprint density at radius 2 is 2.11 bits per heavy atom. The number of aryl methyl sites for hydroxylation is 1. The fourth-order valence-corrected chi connectivity index (χ4v) is 3.45. The summed E-state index contributed by atoms with van der Waals surface area (Å²) in [5.74, 6) is -0.480. The Morgan fingerprint density at radius 3 is 2.81 bits per heavy atom. The molecule has 140 valence electrons. The Bertz CT molecular complexity index is 1090. The first-order chi connectivity index (χ1) is 12.8. The van der Waals surface area contributed by atoms with Crippen molar-refractivity contribution >= 4 is 28.5 Å². The molecular weight excluding hydrogens is 366 g/mol. The molecule has 1 aromatic carbocycles. The van der Waals surface area contributed by atoms with E-state index in [2.05, 4.69) is 4.98 Å². The number of nitrogens with zero attached hydrogens (tertiary/aromatic N) is 2. The van der Waals surface area contributed by atoms with Gasteiger partial charge in [-0.1, -0.05) is 29.8 Å². The van der Waals surface area contributed by atoms with E-state index in [0.717, 1.165) is 16.6 Å². The molecular formula is C20H20ClN3O3. The van der Waals surface area contributed by atoms with Crippen LogP contribution < -0.4 is 11.3 Å². The van der Waals surface area contributed by atoms with Gasteiger partial charge in [0.05, 0.1) is 23.2 Å². The van der Waals surface area contributed by atoms with E-state index in [9.17, 15) is 9.59 Å². The summed E-state index contributed by atoms with van der Waals surface area (Å²) in [4.78, 5) is 29.0. The molecule has 0 radical (unpaired) electrons. The van der Waals surface area contributed by atoms with E-state index in [1.165, 1.54) is 7.11 Å². The summed E-state index contributed by atoms with van der Waals surface area (Å²) >= 11 is 6.40. The van der Waals surface area contributed by atoms with Gasteiger partial charge in [-0.2, -0.15) is 0 Å². The summed E-state index contributed by atoms with van der Waals surface area (Å²) in [7, 11) is 3.01. The van der Waals surface area contributed by atoms with Gasteiger partial charge in [-0.3, -0.25) is 14.6 Å². The van der Waals surface area contributed by atoms with Gasteiger partial charge in [0.25, 0.3) is 5.56 Å². The third-order valence-corrected chi connectivity index (χ3v) is 4.99. The number of aromatic nitrogens is 2. The molecule has 3 rings (SSSR count). The van der Waals surface area contributed by atoms with Crippen molar-refractivity contribution in [2.75, 3.05) is 7.11 Å². The Hall–Kier alpha value is -2.70. The molecule has 27 heavy (non-hydrogen) atoms. The van der Waals surface area contributed by atoms with Crippen LogP contribution in [0, 0.1) is 6.92 Å². The highest BCUT2D eigenvalue weighted by Crippen LogP contribution is 2.32. The lowest BCUT2D eigenvalue weighted by molar-refractivity contribution is -0.142. The Labute approximate surface area is 161 Å². The van der Waals surface area contributed by atoms with Crippen LogP contribution in [-0.4, -0.2) is 28.7 Å². The minimum atomic E-state index is -0.778. The van der Waals surface area contributed by atoms with Crippen molar-refractivity contribution in [3.8, 4) is 11.1 Å². The van der Waals surface area contributed by atoms with Gasteiger partial charge in [-0.15, -0.1) is 0 Å². The predicted molar refractivity (Wildman–Crippen MR) is 106 cm³/mol. The zero-order chi connectivity index (χ0) is 19.7. The van der Waals surface area contributed by atoms with Crippen LogP contribution in [0.4, 0.5) is 0 Å². The maximum atomic E-state index is 12.8. The number of halogens is 1. The largest absolute Gasteiger partial charge is 0.468 e. The van der Waals surface area contributed by atoms with Crippen LogP contribution in [0.2, 0.25) is 5.02 Å². The number of hydrogen-bond donors (Lipinski definition) is 1. The fraction of sp³-hybridized carbons (Fsp3) is 0.250. The highest BCUT2D eigenvalue weighted by molar-refractivity contribution is 6.33. The molecule has 7 heteroatoms. The van der Waals surface area contributed by atoms with Crippen LogP contribution in [0.1, 0.15) is 11.3 Å². The summed E-state index contributed by atoms with van der Waals surface area (Å²) in [5, 5.41) is 1.19. The lowest BCUT2D eigenvalue weighted by atomic mass is 9.95. The number of ether oxygens (including phenoxy) is 1. The van der Waals surface area contributed by atoms with E-state index < -0.39 is 12.0 Å². The van der Waals surface area contributed by atoms with Crippen LogP contribution in [-0.2, 0) is 23.0 Å². The number of esters is 1. The number of fused-ring (bicyclic) bond motifs is 1. The monoisotopic (exact) mass is 385 g/mol. The van der Waals surface area contributed by atoms with E-state index >= 15 is 0 Å². The summed E-state index contributed by atoms with van der Waals surface area (Å²) in [6.07, 6.45) is 1.96. The number of pyridine rings is 2. The van der Waals surface area contributed by atoms with Crippen molar-refractivity contribution in [2.45, 2.75) is 19.4 Å². The molecule has 0 aliphatic heterocycles. The third kappa shape index (κ3) is 3.46. The molecule has 0 spiro atoms. The standard InChI is InChI=1S/C20H20ClN3O3/c1-11-9-15(21)17(19(25)24(11)2)14-7-6-12(10-16(22)20(26)27-3)13-5-4-8-23-18(13)14/h4-9,16H,10,22H2,1-3H3/t16-/m0/s1. The van der Waals surface area contributed by atoms with E-state index in [0.29, 0.717) is 28.1 Å². The Kier molecular flexibility index (Phi) is 5.30. The van der Waals surface area contributed by atoms with Gasteiger partial charge in [0.15, 0.2) is 0 Å². The lowest BCUT2D eigenvalue weighted by Gasteiger charge is -2.15. The van der Waals surface area contributed by atoms with Crippen molar-refractivity contribution in [3.05, 3.63) is 63.2 Å². The fourth-order valence-electron chi connectivity index (χ4n) is 3.11. The molecule has 0 aliphatic carbocycles. The minimum absolute atomic E-state index is 0.189. The molecule has 1 atom stereocenters. The second-order valence-electron chi connectivity index (χ2n) is 6.38. The van der Waals surface area contributed by atoms with E-state index in [4.69, 9.17) is 22.1 Å². The first kappa shape index (κ1) is 19.1. The van der Waals surface area contributed by atoms with Gasteiger partial charge >= 0.3 is 5.97 Å². The highest BCUT2D eigenvalue weighted by Gasteiger charge is 2.19. The predicted octanol–water partition coefficient (Wildman–Crippen LogP) is 2.61. The zero-order valence-electron chi connectivity index (χ0n) is 15.3. The van der Waals surface area contributed by atoms with Crippen molar-refractivity contribution in [2.24, 2.45) is 12.8 Å². The second-order valence-corrected chi connectivity index (χ2v) is 6.79. The lowest BCUT2D eigenvalue weighted by Crippen LogP contribution is -2.33. The summed E-state index contributed by atoms with van der Waals surface area (Å²) in [6, 6.07) is 8.31. The maximum Gasteiger partial charge on any atom is 0.322 e. The smallest absolute Gasteiger partial charge is 0.322 e. The SMILES string of the molecule is COC(=O)[C@@H](N)Cc1ccc(-c2c(Cl)cc(C)n(C)c2=O)c2ncccc12. The van der Waals surface area contributed by atoms with E-state index in [1.54, 1.807) is 36.0 Å². The average molecular weight is 386 g/mol. The topological polar surface area (TPSA) is 87.2 Å². The van der Waals surface area contributed by atoms with E-state index in [1.807, 2.05) is 19.1 Å². The Morgan fingerprint density at radius 1 is 1.37 bits per heavy atom. The van der Waals surface area contributed by atoms with Crippen molar-refractivity contribution in [3.63, 3.8) is 0 Å². The number of benzene rings is 1. The van der Waals surface area contributed by atoms with Gasteiger partial charge < -0.3 is 15.0 Å². The van der Waals surface area contributed by atoms with Gasteiger partial charge in [-0.25, -0.2) is 0 Å². The number of methoxy groups -OCH3 is 1. The van der Waals surface area contributed by atoms with Crippen molar-refractivity contribution < 1.29 is 9.53 Å². The average Bonchev–Trinajstić information content (AvgIpc) is 2.67. The van der Waals surface area contributed by atoms with Gasteiger partial charge in [-0.05, 0) is 31.0 Å². The molecule has 3 aromatic rings. The van der Waals surface area contributed by atoms with Crippen LogP contribution >= 0.6 is 11.6 Å². The molecule has 0 fully saturated rings. The Balaban J connectivity index is 2.22. The molecule has 2 N–H and O–H groups in total. The first-order valence-corrected chi connectivity index (χ1v) is 8.79. The molecule has 0 amide bonds. The molecule has 0 saturated heterocycles. The molecule has 0 aliphatic rings. The summed E-state index contributed by atoms with van der Waals surface area (Å²) in [5.41, 5.74) is 9.02. The van der Waals surface area contributed by atoms with Crippen LogP contribution in [0.25, 0.3) is 22.0 Å². The van der Waals surface area contributed by atoms with Crippen LogP contribution in [0.5, 0.6) is 0 Å². The third-order valence-electron chi connectivity index (χ3n) is 4.70. The second kappa shape index (κ2) is 7.50. The number of carbonyl (C=O) groups excluding carboxylic acids is 1. The minimum Gasteiger partial charge on any atom is -0.468 e. The van der Waals surface area contributed by atoms with Crippen LogP contribution in [0.15, 0.2) is 41.3 Å². The van der Waals surface area contributed by atoms with Crippen LogP contribution in [0.3, 0.4) is 0 Å². The zero-order valence-corrected chi connectivity index (χ0v) is 16.1. The molecule has 6 nitrogen and oxygen atoms in total. The van der Waals surface area contributed by atoms with Crippen molar-refractivity contribution in [1.82, 2.24) is 9.55 Å².